The van der Waals surface area contributed by atoms with E-state index in [2.05, 4.69) is 0 Å². The molecule has 19 heavy (non-hydrogen) atoms. The molecule has 1 atom stereocenters. The fourth-order valence-electron chi connectivity index (χ4n) is 1.51. The number of carbonyl (C=O) groups excluding carboxylic acids is 2. The van der Waals surface area contributed by atoms with Crippen LogP contribution in [0.25, 0.3) is 0 Å². The maximum Gasteiger partial charge on any atom is 0.344 e. The molecule has 0 aromatic heterocycles. The predicted octanol–water partition coefficient (Wildman–Crippen LogP) is 1.61. The maximum absolute atomic E-state index is 11.5. The summed E-state index contributed by atoms with van der Waals surface area (Å²) in [7, 11) is 0. The first-order chi connectivity index (χ1) is 8.91. The van der Waals surface area contributed by atoms with E-state index in [1.807, 2.05) is 32.0 Å². The predicted molar refractivity (Wildman–Crippen MR) is 70.8 cm³/mol. The number of rotatable bonds is 6. The summed E-state index contributed by atoms with van der Waals surface area (Å²) in [5.74, 6) is -0.376. The van der Waals surface area contributed by atoms with Crippen LogP contribution in [0.2, 0.25) is 0 Å². The van der Waals surface area contributed by atoms with E-state index in [4.69, 9.17) is 15.2 Å². The number of esters is 1. The van der Waals surface area contributed by atoms with Gasteiger partial charge < -0.3 is 15.2 Å². The molecular weight excluding hydrogens is 246 g/mol. The number of nitrogens with two attached hydrogens (primary N) is 1. The molecule has 0 aliphatic rings. The van der Waals surface area contributed by atoms with Crippen molar-refractivity contribution < 1.29 is 19.1 Å². The zero-order valence-corrected chi connectivity index (χ0v) is 11.4. The van der Waals surface area contributed by atoms with Crippen LogP contribution < -0.4 is 10.5 Å². The minimum Gasteiger partial charge on any atom is -0.482 e. The van der Waals surface area contributed by atoms with Gasteiger partial charge in [-0.05, 0) is 24.5 Å². The third-order valence-corrected chi connectivity index (χ3v) is 2.60. The van der Waals surface area contributed by atoms with Crippen LogP contribution in [0.5, 0.6) is 5.75 Å². The second-order valence-corrected chi connectivity index (χ2v) is 4.52. The molecule has 1 aromatic rings. The average molecular weight is 265 g/mol. The summed E-state index contributed by atoms with van der Waals surface area (Å²) in [6.45, 7) is 5.25. The summed E-state index contributed by atoms with van der Waals surface area (Å²) in [5, 5.41) is 0. The van der Waals surface area contributed by atoms with Gasteiger partial charge in [0.15, 0.2) is 12.7 Å². The van der Waals surface area contributed by atoms with Crippen molar-refractivity contribution in [3.63, 3.8) is 0 Å². The van der Waals surface area contributed by atoms with E-state index in [1.165, 1.54) is 6.92 Å². The molecule has 0 radical (unpaired) electrons. The van der Waals surface area contributed by atoms with E-state index < -0.39 is 18.0 Å². The molecule has 0 heterocycles. The van der Waals surface area contributed by atoms with Crippen molar-refractivity contribution in [3.05, 3.63) is 29.8 Å². The lowest BCUT2D eigenvalue weighted by Crippen LogP contribution is -2.32. The number of benzene rings is 1. The van der Waals surface area contributed by atoms with Crippen LogP contribution in [0.4, 0.5) is 0 Å². The topological polar surface area (TPSA) is 78.6 Å². The normalized spacial score (nSPS) is 12.0. The molecule has 0 saturated heterocycles. The maximum atomic E-state index is 11.5. The van der Waals surface area contributed by atoms with E-state index >= 15 is 0 Å². The molecule has 0 unspecified atom stereocenters. The Labute approximate surface area is 112 Å². The number of ether oxygens (including phenoxy) is 2. The van der Waals surface area contributed by atoms with Gasteiger partial charge in [-0.1, -0.05) is 32.0 Å². The summed E-state index contributed by atoms with van der Waals surface area (Å²) in [6, 6.07) is 7.48. The van der Waals surface area contributed by atoms with E-state index in [0.717, 1.165) is 5.56 Å². The molecule has 0 aliphatic carbocycles. The molecule has 0 fully saturated rings. The summed E-state index contributed by atoms with van der Waals surface area (Å²) >= 11 is 0. The zero-order valence-electron chi connectivity index (χ0n) is 11.4. The second-order valence-electron chi connectivity index (χ2n) is 4.52. The van der Waals surface area contributed by atoms with Crippen LogP contribution >= 0.6 is 0 Å². The number of carbonyl (C=O) groups is 2. The van der Waals surface area contributed by atoms with Gasteiger partial charge in [0, 0.05) is 0 Å². The molecule has 0 saturated carbocycles. The van der Waals surface area contributed by atoms with Crippen molar-refractivity contribution in [2.45, 2.75) is 32.8 Å². The summed E-state index contributed by atoms with van der Waals surface area (Å²) in [5.41, 5.74) is 6.01. The van der Waals surface area contributed by atoms with Crippen molar-refractivity contribution in [1.29, 1.82) is 0 Å². The number of primary amides is 1. The van der Waals surface area contributed by atoms with Gasteiger partial charge in [0.05, 0.1) is 0 Å². The van der Waals surface area contributed by atoms with Crippen LogP contribution in [0.1, 0.15) is 32.3 Å². The van der Waals surface area contributed by atoms with Gasteiger partial charge in [-0.25, -0.2) is 4.79 Å². The quantitative estimate of drug-likeness (QED) is 0.792. The standard InChI is InChI=1S/C14H19NO4/c1-9(2)11-6-4-5-7-12(11)18-8-13(16)19-10(3)14(15)17/h4-7,9-10H,8H2,1-3H3,(H2,15,17)/t10-/m1/s1. The fraction of sp³-hybridized carbons (Fsp3) is 0.429. The van der Waals surface area contributed by atoms with Gasteiger partial charge in [0.2, 0.25) is 0 Å². The Morgan fingerprint density at radius 1 is 1.21 bits per heavy atom. The van der Waals surface area contributed by atoms with Crippen LogP contribution in [-0.2, 0) is 14.3 Å². The number of hydrogen-bond donors (Lipinski definition) is 1. The molecule has 0 spiro atoms. The van der Waals surface area contributed by atoms with Crippen molar-refractivity contribution in [1.82, 2.24) is 0 Å². The largest absolute Gasteiger partial charge is 0.482 e. The first-order valence-electron chi connectivity index (χ1n) is 6.12. The average Bonchev–Trinajstić information content (AvgIpc) is 2.36. The highest BCUT2D eigenvalue weighted by Gasteiger charge is 2.15. The smallest absolute Gasteiger partial charge is 0.344 e. The molecule has 5 nitrogen and oxygen atoms in total. The molecule has 1 aromatic carbocycles. The minimum atomic E-state index is -0.948. The van der Waals surface area contributed by atoms with Gasteiger partial charge >= 0.3 is 5.97 Å². The van der Waals surface area contributed by atoms with Gasteiger partial charge in [-0.2, -0.15) is 0 Å². The van der Waals surface area contributed by atoms with E-state index in [-0.39, 0.29) is 12.5 Å². The number of hydrogen-bond acceptors (Lipinski definition) is 4. The highest BCUT2D eigenvalue weighted by Crippen LogP contribution is 2.25. The number of amides is 1. The summed E-state index contributed by atoms with van der Waals surface area (Å²) in [6.07, 6.45) is -0.948. The molecule has 0 aliphatic heterocycles. The molecule has 1 rings (SSSR count). The molecule has 104 valence electrons. The van der Waals surface area contributed by atoms with Crippen molar-refractivity contribution in [3.8, 4) is 5.75 Å². The Balaban J connectivity index is 2.58. The van der Waals surface area contributed by atoms with Crippen LogP contribution in [0.3, 0.4) is 0 Å². The van der Waals surface area contributed by atoms with Crippen molar-refractivity contribution >= 4 is 11.9 Å². The molecule has 1 amide bonds. The van der Waals surface area contributed by atoms with Gasteiger partial charge in [0.25, 0.3) is 5.91 Å². The Bertz CT molecular complexity index is 457. The molecular formula is C14H19NO4. The van der Waals surface area contributed by atoms with Crippen LogP contribution in [0, 0.1) is 0 Å². The number of para-hydroxylation sites is 1. The summed E-state index contributed by atoms with van der Waals surface area (Å²) < 4.78 is 10.2. The SMILES string of the molecule is CC(C)c1ccccc1OCC(=O)O[C@H](C)C(N)=O. The highest BCUT2D eigenvalue weighted by molar-refractivity contribution is 5.82. The third-order valence-electron chi connectivity index (χ3n) is 2.60. The van der Waals surface area contributed by atoms with Crippen LogP contribution in [0.15, 0.2) is 24.3 Å². The lowest BCUT2D eigenvalue weighted by molar-refractivity contribution is -0.155. The van der Waals surface area contributed by atoms with Gasteiger partial charge in [-0.3, -0.25) is 4.79 Å². The zero-order chi connectivity index (χ0) is 14.4. The Morgan fingerprint density at radius 2 is 1.84 bits per heavy atom. The highest BCUT2D eigenvalue weighted by atomic mass is 16.6. The summed E-state index contributed by atoms with van der Waals surface area (Å²) in [4.78, 5) is 22.2. The van der Waals surface area contributed by atoms with Gasteiger partial charge in [0.1, 0.15) is 5.75 Å². The van der Waals surface area contributed by atoms with Gasteiger partial charge in [-0.15, -0.1) is 0 Å². The van der Waals surface area contributed by atoms with Crippen molar-refractivity contribution in [2.75, 3.05) is 6.61 Å². The Hall–Kier alpha value is -2.04. The lowest BCUT2D eigenvalue weighted by atomic mass is 10.0. The first-order valence-corrected chi connectivity index (χ1v) is 6.12. The van der Waals surface area contributed by atoms with Crippen molar-refractivity contribution in [2.24, 2.45) is 5.73 Å². The second kappa shape index (κ2) is 6.78. The fourth-order valence-corrected chi connectivity index (χ4v) is 1.51. The lowest BCUT2D eigenvalue weighted by Gasteiger charge is -2.14. The van der Waals surface area contributed by atoms with Crippen LogP contribution in [-0.4, -0.2) is 24.6 Å². The first kappa shape index (κ1) is 15.0. The molecule has 2 N–H and O–H groups in total. The Morgan fingerprint density at radius 3 is 2.42 bits per heavy atom. The molecule has 0 bridgehead atoms. The monoisotopic (exact) mass is 265 g/mol. The molecule has 5 heteroatoms. The van der Waals surface area contributed by atoms with E-state index in [9.17, 15) is 9.59 Å². The minimum absolute atomic E-state index is 0.249. The third kappa shape index (κ3) is 4.62. The van der Waals surface area contributed by atoms with E-state index in [1.54, 1.807) is 6.07 Å². The van der Waals surface area contributed by atoms with E-state index in [0.29, 0.717) is 5.75 Å². The Kier molecular flexibility index (Phi) is 5.36.